The molecular formula is C14H20N2O2S. The van der Waals surface area contributed by atoms with Crippen LogP contribution in [0.15, 0.2) is 18.2 Å². The van der Waals surface area contributed by atoms with Gasteiger partial charge in [-0.3, -0.25) is 0 Å². The fourth-order valence-electron chi connectivity index (χ4n) is 1.72. The topological polar surface area (TPSA) is 43.4 Å². The number of ether oxygens (including phenoxy) is 2. The van der Waals surface area contributed by atoms with Gasteiger partial charge in [0.1, 0.15) is 5.75 Å². The van der Waals surface area contributed by atoms with Crippen LogP contribution in [0.1, 0.15) is 19.8 Å². The second kappa shape index (κ2) is 7.31. The van der Waals surface area contributed by atoms with Gasteiger partial charge in [-0.25, -0.2) is 4.98 Å². The second-order valence-corrected chi connectivity index (χ2v) is 5.28. The lowest BCUT2D eigenvalue weighted by Gasteiger charge is -2.03. The molecule has 0 radical (unpaired) electrons. The average Bonchev–Trinajstić information content (AvgIpc) is 2.84. The summed E-state index contributed by atoms with van der Waals surface area (Å²) in [5.74, 6) is 0.871. The third-order valence-corrected chi connectivity index (χ3v) is 3.66. The van der Waals surface area contributed by atoms with Crippen molar-refractivity contribution in [1.82, 2.24) is 4.98 Å². The molecule has 1 N–H and O–H groups in total. The van der Waals surface area contributed by atoms with Gasteiger partial charge < -0.3 is 14.8 Å². The van der Waals surface area contributed by atoms with Crippen molar-refractivity contribution in [2.45, 2.75) is 19.8 Å². The van der Waals surface area contributed by atoms with Crippen molar-refractivity contribution in [3.63, 3.8) is 0 Å². The van der Waals surface area contributed by atoms with Gasteiger partial charge in [0.25, 0.3) is 0 Å². The Kier molecular flexibility index (Phi) is 5.42. The molecule has 0 bridgehead atoms. The van der Waals surface area contributed by atoms with Crippen LogP contribution in [0.2, 0.25) is 0 Å². The summed E-state index contributed by atoms with van der Waals surface area (Å²) >= 11 is 1.65. The van der Waals surface area contributed by atoms with Crippen LogP contribution in [0, 0.1) is 0 Å². The molecule has 2 rings (SSSR count). The minimum absolute atomic E-state index is 0.805. The summed E-state index contributed by atoms with van der Waals surface area (Å²) in [5, 5.41) is 4.29. The maximum atomic E-state index is 5.44. The number of rotatable bonds is 8. The van der Waals surface area contributed by atoms with Crippen molar-refractivity contribution in [3.05, 3.63) is 18.2 Å². The number of anilines is 1. The SMILES string of the molecule is CCCOCCCNc1nc2ccc(OC)cc2s1. The van der Waals surface area contributed by atoms with E-state index in [0.29, 0.717) is 0 Å². The van der Waals surface area contributed by atoms with Crippen molar-refractivity contribution < 1.29 is 9.47 Å². The van der Waals surface area contributed by atoms with E-state index in [-0.39, 0.29) is 0 Å². The number of benzene rings is 1. The summed E-state index contributed by atoms with van der Waals surface area (Å²) in [5.41, 5.74) is 1.01. The third-order valence-electron chi connectivity index (χ3n) is 2.69. The highest BCUT2D eigenvalue weighted by Gasteiger charge is 2.04. The zero-order valence-electron chi connectivity index (χ0n) is 11.4. The quantitative estimate of drug-likeness (QED) is 0.751. The van der Waals surface area contributed by atoms with Crippen LogP contribution in [-0.4, -0.2) is 31.9 Å². The average molecular weight is 280 g/mol. The Hall–Kier alpha value is -1.33. The molecule has 0 amide bonds. The van der Waals surface area contributed by atoms with Crippen LogP contribution in [0.3, 0.4) is 0 Å². The minimum Gasteiger partial charge on any atom is -0.497 e. The van der Waals surface area contributed by atoms with Gasteiger partial charge in [-0.15, -0.1) is 0 Å². The number of hydrogen-bond donors (Lipinski definition) is 1. The molecule has 1 aromatic carbocycles. The molecular weight excluding hydrogens is 260 g/mol. The lowest BCUT2D eigenvalue weighted by Crippen LogP contribution is -2.05. The van der Waals surface area contributed by atoms with Crippen LogP contribution in [0.4, 0.5) is 5.13 Å². The highest BCUT2D eigenvalue weighted by atomic mass is 32.1. The molecule has 0 saturated heterocycles. The molecule has 0 aliphatic rings. The molecule has 0 saturated carbocycles. The van der Waals surface area contributed by atoms with Crippen molar-refractivity contribution in [3.8, 4) is 5.75 Å². The number of thiazole rings is 1. The molecule has 2 aromatic rings. The maximum absolute atomic E-state index is 5.44. The maximum Gasteiger partial charge on any atom is 0.183 e. The molecule has 0 aliphatic heterocycles. The van der Waals surface area contributed by atoms with E-state index >= 15 is 0 Å². The van der Waals surface area contributed by atoms with Crippen LogP contribution in [0.5, 0.6) is 5.75 Å². The fraction of sp³-hybridized carbons (Fsp3) is 0.500. The summed E-state index contributed by atoms with van der Waals surface area (Å²) in [7, 11) is 1.68. The van der Waals surface area contributed by atoms with Gasteiger partial charge in [0.05, 0.1) is 17.3 Å². The molecule has 0 unspecified atom stereocenters. The van der Waals surface area contributed by atoms with Crippen molar-refractivity contribution in [1.29, 1.82) is 0 Å². The van der Waals surface area contributed by atoms with Gasteiger partial charge in [0.15, 0.2) is 5.13 Å². The van der Waals surface area contributed by atoms with E-state index in [0.717, 1.165) is 53.7 Å². The van der Waals surface area contributed by atoms with Crippen molar-refractivity contribution in [2.24, 2.45) is 0 Å². The molecule has 0 aliphatic carbocycles. The second-order valence-electron chi connectivity index (χ2n) is 4.25. The van der Waals surface area contributed by atoms with Crippen LogP contribution in [-0.2, 0) is 4.74 Å². The molecule has 19 heavy (non-hydrogen) atoms. The summed E-state index contributed by atoms with van der Waals surface area (Å²) in [6.45, 7) is 4.66. The highest BCUT2D eigenvalue weighted by Crippen LogP contribution is 2.28. The Bertz CT molecular complexity index is 513. The Morgan fingerprint density at radius 2 is 2.21 bits per heavy atom. The van der Waals surface area contributed by atoms with Gasteiger partial charge in [-0.05, 0) is 31.0 Å². The largest absolute Gasteiger partial charge is 0.497 e. The smallest absolute Gasteiger partial charge is 0.183 e. The summed E-state index contributed by atoms with van der Waals surface area (Å²) < 4.78 is 11.8. The number of nitrogens with one attached hydrogen (secondary N) is 1. The van der Waals surface area contributed by atoms with E-state index in [1.54, 1.807) is 18.4 Å². The number of nitrogens with zero attached hydrogens (tertiary/aromatic N) is 1. The molecule has 0 spiro atoms. The number of fused-ring (bicyclic) bond motifs is 1. The van der Waals surface area contributed by atoms with Crippen molar-refractivity contribution in [2.75, 3.05) is 32.2 Å². The summed E-state index contributed by atoms with van der Waals surface area (Å²) in [6, 6.07) is 5.94. The Morgan fingerprint density at radius 3 is 3.00 bits per heavy atom. The molecule has 0 atom stereocenters. The predicted octanol–water partition coefficient (Wildman–Crippen LogP) is 3.53. The number of aromatic nitrogens is 1. The minimum atomic E-state index is 0.805. The lowest BCUT2D eigenvalue weighted by atomic mass is 10.3. The molecule has 1 aromatic heterocycles. The van der Waals surface area contributed by atoms with E-state index < -0.39 is 0 Å². The van der Waals surface area contributed by atoms with Crippen LogP contribution < -0.4 is 10.1 Å². The summed E-state index contributed by atoms with van der Waals surface area (Å²) in [6.07, 6.45) is 2.08. The van der Waals surface area contributed by atoms with Crippen LogP contribution >= 0.6 is 11.3 Å². The van der Waals surface area contributed by atoms with E-state index in [9.17, 15) is 0 Å². The normalized spacial score (nSPS) is 10.8. The monoisotopic (exact) mass is 280 g/mol. The van der Waals surface area contributed by atoms with Gasteiger partial charge >= 0.3 is 0 Å². The van der Waals surface area contributed by atoms with Crippen molar-refractivity contribution >= 4 is 26.7 Å². The van der Waals surface area contributed by atoms with Gasteiger partial charge in [-0.2, -0.15) is 0 Å². The highest BCUT2D eigenvalue weighted by molar-refractivity contribution is 7.22. The van der Waals surface area contributed by atoms with E-state index in [4.69, 9.17) is 9.47 Å². The Morgan fingerprint density at radius 1 is 1.32 bits per heavy atom. The molecule has 5 heteroatoms. The number of methoxy groups -OCH3 is 1. The van der Waals surface area contributed by atoms with E-state index in [1.165, 1.54) is 0 Å². The molecule has 104 valence electrons. The lowest BCUT2D eigenvalue weighted by molar-refractivity contribution is 0.134. The first-order valence-electron chi connectivity index (χ1n) is 6.59. The van der Waals surface area contributed by atoms with Gasteiger partial charge in [0, 0.05) is 19.8 Å². The first kappa shape index (κ1) is 14.1. The standard InChI is InChI=1S/C14H20N2O2S/c1-3-8-18-9-4-7-15-14-16-12-6-5-11(17-2)10-13(12)19-14/h5-6,10H,3-4,7-9H2,1-2H3,(H,15,16). The first-order chi connectivity index (χ1) is 9.33. The summed E-state index contributed by atoms with van der Waals surface area (Å²) in [4.78, 5) is 4.53. The first-order valence-corrected chi connectivity index (χ1v) is 7.41. The number of hydrogen-bond acceptors (Lipinski definition) is 5. The van der Waals surface area contributed by atoms with Crippen LogP contribution in [0.25, 0.3) is 10.2 Å². The molecule has 1 heterocycles. The predicted molar refractivity (Wildman–Crippen MR) is 80.4 cm³/mol. The molecule has 4 nitrogen and oxygen atoms in total. The van der Waals surface area contributed by atoms with E-state index in [2.05, 4.69) is 17.2 Å². The fourth-order valence-corrected chi connectivity index (χ4v) is 2.64. The zero-order valence-corrected chi connectivity index (χ0v) is 12.3. The molecule has 0 fully saturated rings. The van der Waals surface area contributed by atoms with Gasteiger partial charge in [0.2, 0.25) is 0 Å². The zero-order chi connectivity index (χ0) is 13.5. The van der Waals surface area contributed by atoms with Gasteiger partial charge in [-0.1, -0.05) is 18.3 Å². The third kappa shape index (κ3) is 4.08. The van der Waals surface area contributed by atoms with E-state index in [1.807, 2.05) is 18.2 Å². The Balaban J connectivity index is 1.84. The Labute approximate surface area is 117 Å².